The summed E-state index contributed by atoms with van der Waals surface area (Å²) < 4.78 is 14.1. The molecule has 6 N–H and O–H groups in total. The van der Waals surface area contributed by atoms with Crippen LogP contribution in [0.2, 0.25) is 0 Å². The number of hydrogen-bond acceptors (Lipinski definition) is 8. The van der Waals surface area contributed by atoms with Gasteiger partial charge in [-0.25, -0.2) is 4.57 Å². The van der Waals surface area contributed by atoms with Gasteiger partial charge in [0.25, 0.3) is 0 Å². The van der Waals surface area contributed by atoms with Crippen LogP contribution in [0.3, 0.4) is 0 Å². The highest BCUT2D eigenvalue weighted by molar-refractivity contribution is 7.46. The maximum absolute atomic E-state index is 11.2. The van der Waals surface area contributed by atoms with Gasteiger partial charge in [0.15, 0.2) is 5.78 Å². The topological polar surface area (TPSA) is 214 Å². The number of phosphoric acid groups is 1. The Kier molecular flexibility index (Phi) is 7.83. The number of carbonyl (C=O) groups excluding carboxylic acids is 1. The summed E-state index contributed by atoms with van der Waals surface area (Å²) in [6, 6.07) is -1.51. The van der Waals surface area contributed by atoms with Gasteiger partial charge < -0.3 is 30.2 Å². The van der Waals surface area contributed by atoms with E-state index in [0.717, 1.165) is 0 Å². The maximum atomic E-state index is 11.2. The Labute approximate surface area is 112 Å². The first-order chi connectivity index (χ1) is 9.14. The van der Waals surface area contributed by atoms with Gasteiger partial charge in [-0.1, -0.05) is 5.11 Å². The van der Waals surface area contributed by atoms with Crippen LogP contribution in [0.5, 0.6) is 0 Å². The molecule has 0 aromatic rings. The summed E-state index contributed by atoms with van der Waals surface area (Å²) in [6.45, 7) is -2.07. The van der Waals surface area contributed by atoms with E-state index in [9.17, 15) is 24.7 Å². The van der Waals surface area contributed by atoms with Gasteiger partial charge in [0.1, 0.15) is 18.8 Å². The molecule has 12 nitrogen and oxygen atoms in total. The van der Waals surface area contributed by atoms with Crippen molar-refractivity contribution in [1.29, 1.82) is 0 Å². The molecular formula is C7H14N3O9P. The summed E-state index contributed by atoms with van der Waals surface area (Å²) in [5, 5.41) is 40.0. The number of rotatable bonds is 9. The lowest BCUT2D eigenvalue weighted by Crippen LogP contribution is -2.48. The molecule has 0 amide bonds. The van der Waals surface area contributed by atoms with Crippen LogP contribution in [0, 0.1) is 0 Å². The van der Waals surface area contributed by atoms with Crippen molar-refractivity contribution in [2.45, 2.75) is 24.4 Å². The first-order valence-electron chi connectivity index (χ1n) is 5.06. The van der Waals surface area contributed by atoms with Crippen LogP contribution < -0.4 is 0 Å². The fraction of sp³-hybridized carbons (Fsp3) is 0.857. The largest absolute Gasteiger partial charge is 0.470 e. The molecule has 13 heteroatoms. The average molecular weight is 315 g/mol. The minimum atomic E-state index is -4.93. The van der Waals surface area contributed by atoms with Crippen molar-refractivity contribution in [2.75, 3.05) is 13.2 Å². The second-order valence-electron chi connectivity index (χ2n) is 3.61. The van der Waals surface area contributed by atoms with Crippen LogP contribution in [0.4, 0.5) is 0 Å². The summed E-state index contributed by atoms with van der Waals surface area (Å²) in [5.74, 6) is -1.32. The van der Waals surface area contributed by atoms with E-state index in [1.807, 2.05) is 0 Å². The van der Waals surface area contributed by atoms with E-state index in [1.54, 1.807) is 0 Å². The Bertz CT molecular complexity index is 420. The number of nitrogens with zero attached hydrogens (tertiary/aromatic N) is 3. The molecule has 0 spiro atoms. The number of Topliss-reactive ketones (excluding diaryl/α,β-unsaturated/α-hetero) is 1. The normalized spacial score (nSPS) is 17.7. The van der Waals surface area contributed by atoms with Crippen molar-refractivity contribution in [1.82, 2.24) is 0 Å². The fourth-order valence-electron chi connectivity index (χ4n) is 1.12. The molecule has 0 rings (SSSR count). The van der Waals surface area contributed by atoms with Crippen LogP contribution in [0.25, 0.3) is 10.4 Å². The molecule has 0 heterocycles. The van der Waals surface area contributed by atoms with Gasteiger partial charge in [0.2, 0.25) is 0 Å². The predicted molar refractivity (Wildman–Crippen MR) is 61.0 cm³/mol. The molecule has 0 aliphatic rings. The third-order valence-electron chi connectivity index (χ3n) is 2.16. The van der Waals surface area contributed by atoms with Gasteiger partial charge in [0.05, 0.1) is 18.8 Å². The number of aliphatic hydroxyl groups is 4. The van der Waals surface area contributed by atoms with Crippen molar-refractivity contribution < 1.29 is 44.1 Å². The second kappa shape index (κ2) is 8.27. The Morgan fingerprint density at radius 2 is 1.85 bits per heavy atom. The summed E-state index contributed by atoms with van der Waals surface area (Å²) in [5.41, 5.74) is 8.14. The standard InChI is InChI=1S/C7H14N3O9P/c8-10-9-3(1-11)5(13)7(15)6(14)4(12)2-19-20(16,17)18/h3,5-7,11,13-15H,1-2H2,(H2,16,17,18)/t3-,5-,6+,7+/m0/s1. The van der Waals surface area contributed by atoms with Gasteiger partial charge >= 0.3 is 7.82 Å². The number of hydrogen-bond donors (Lipinski definition) is 6. The highest BCUT2D eigenvalue weighted by atomic mass is 31.2. The zero-order valence-corrected chi connectivity index (χ0v) is 10.8. The number of phosphoric ester groups is 1. The van der Waals surface area contributed by atoms with Crippen LogP contribution >= 0.6 is 7.82 Å². The van der Waals surface area contributed by atoms with Crippen LogP contribution in [-0.4, -0.2) is 73.6 Å². The molecule has 0 unspecified atom stereocenters. The molecule has 0 aromatic heterocycles. The summed E-state index contributed by atoms with van der Waals surface area (Å²) in [7, 11) is -4.93. The van der Waals surface area contributed by atoms with Gasteiger partial charge in [-0.3, -0.25) is 9.32 Å². The molecule has 0 aliphatic heterocycles. The first-order valence-corrected chi connectivity index (χ1v) is 6.59. The van der Waals surface area contributed by atoms with E-state index in [4.69, 9.17) is 20.4 Å². The van der Waals surface area contributed by atoms with Crippen molar-refractivity contribution in [2.24, 2.45) is 5.11 Å². The van der Waals surface area contributed by atoms with Crippen LogP contribution in [0.1, 0.15) is 0 Å². The first kappa shape index (κ1) is 18.9. The summed E-state index contributed by atoms with van der Waals surface area (Å²) >= 11 is 0. The molecule has 0 aliphatic carbocycles. The molecule has 0 radical (unpaired) electrons. The van der Waals surface area contributed by atoms with E-state index in [0.29, 0.717) is 0 Å². The Morgan fingerprint density at radius 3 is 2.25 bits per heavy atom. The van der Waals surface area contributed by atoms with Gasteiger partial charge in [-0.05, 0) is 5.53 Å². The van der Waals surface area contributed by atoms with E-state index in [2.05, 4.69) is 14.5 Å². The lowest BCUT2D eigenvalue weighted by Gasteiger charge is -2.25. The molecule has 4 atom stereocenters. The fourth-order valence-corrected chi connectivity index (χ4v) is 1.41. The van der Waals surface area contributed by atoms with E-state index < -0.39 is 51.2 Å². The number of aliphatic hydroxyl groups excluding tert-OH is 4. The third kappa shape index (κ3) is 6.39. The predicted octanol–water partition coefficient (Wildman–Crippen LogP) is -2.58. The van der Waals surface area contributed by atoms with E-state index >= 15 is 0 Å². The lowest BCUT2D eigenvalue weighted by atomic mass is 9.99. The molecule has 0 saturated heterocycles. The van der Waals surface area contributed by atoms with Crippen molar-refractivity contribution >= 4 is 13.6 Å². The molecule has 0 bridgehead atoms. The number of ketones is 1. The Morgan fingerprint density at radius 1 is 1.30 bits per heavy atom. The van der Waals surface area contributed by atoms with Gasteiger partial charge in [-0.2, -0.15) is 0 Å². The summed E-state index contributed by atoms with van der Waals surface area (Å²) in [6.07, 6.45) is -6.37. The van der Waals surface area contributed by atoms with E-state index in [-0.39, 0.29) is 0 Å². The van der Waals surface area contributed by atoms with Crippen LogP contribution in [0.15, 0.2) is 5.11 Å². The highest BCUT2D eigenvalue weighted by Gasteiger charge is 2.35. The molecule has 20 heavy (non-hydrogen) atoms. The molecule has 0 aromatic carbocycles. The highest BCUT2D eigenvalue weighted by Crippen LogP contribution is 2.35. The van der Waals surface area contributed by atoms with Crippen molar-refractivity contribution in [3.05, 3.63) is 10.4 Å². The van der Waals surface area contributed by atoms with E-state index in [1.165, 1.54) is 0 Å². The second-order valence-corrected chi connectivity index (χ2v) is 4.85. The Hall–Kier alpha value is -1.07. The molecule has 0 saturated carbocycles. The monoisotopic (exact) mass is 315 g/mol. The number of azide groups is 1. The minimum absolute atomic E-state index is 0.859. The van der Waals surface area contributed by atoms with Gasteiger partial charge in [-0.15, -0.1) is 0 Å². The quantitative estimate of drug-likeness (QED) is 0.114. The third-order valence-corrected chi connectivity index (χ3v) is 2.62. The molecule has 0 fully saturated rings. The zero-order chi connectivity index (χ0) is 15.9. The maximum Gasteiger partial charge on any atom is 0.470 e. The van der Waals surface area contributed by atoms with Gasteiger partial charge in [0, 0.05) is 4.91 Å². The number of carbonyl (C=O) groups is 1. The SMILES string of the molecule is [N-]=[N+]=N[C@@H](CO)[C@H](O)[C@@H](O)[C@H](O)C(=O)COP(=O)(O)O. The smallest absolute Gasteiger partial charge is 0.396 e. The van der Waals surface area contributed by atoms with Crippen LogP contribution in [-0.2, 0) is 13.9 Å². The zero-order valence-electron chi connectivity index (χ0n) is 9.92. The lowest BCUT2D eigenvalue weighted by molar-refractivity contribution is -0.142. The summed E-state index contributed by atoms with van der Waals surface area (Å²) in [4.78, 5) is 30.2. The Balaban J connectivity index is 4.66. The molecule has 116 valence electrons. The van der Waals surface area contributed by atoms with Crippen molar-refractivity contribution in [3.8, 4) is 0 Å². The van der Waals surface area contributed by atoms with Crippen molar-refractivity contribution in [3.63, 3.8) is 0 Å². The molecular weight excluding hydrogens is 301 g/mol. The minimum Gasteiger partial charge on any atom is -0.396 e. The average Bonchev–Trinajstić information content (AvgIpc) is 2.38.